The lowest BCUT2D eigenvalue weighted by Gasteiger charge is -2.31. The van der Waals surface area contributed by atoms with Crippen LogP contribution in [0.4, 0.5) is 0 Å². The Morgan fingerprint density at radius 1 is 1.25 bits per heavy atom. The zero-order valence-electron chi connectivity index (χ0n) is 9.37. The largest absolute Gasteiger partial charge is 0.317 e. The summed E-state index contributed by atoms with van der Waals surface area (Å²) in [6.45, 7) is 1.89. The first-order valence-corrected chi connectivity index (χ1v) is 5.70. The number of rotatable bonds is 2. The summed E-state index contributed by atoms with van der Waals surface area (Å²) in [7, 11) is 5.65. The highest BCUT2D eigenvalue weighted by Crippen LogP contribution is 2.31. The zero-order valence-corrected chi connectivity index (χ0v) is 9.37. The van der Waals surface area contributed by atoms with Crippen molar-refractivity contribution in [3.63, 3.8) is 0 Å². The third-order valence-corrected chi connectivity index (χ3v) is 3.32. The van der Waals surface area contributed by atoms with Crippen molar-refractivity contribution in [1.82, 2.24) is 5.32 Å². The van der Waals surface area contributed by atoms with Gasteiger partial charge in [-0.25, -0.2) is 0 Å². The lowest BCUT2D eigenvalue weighted by molar-refractivity contribution is 0.280. The summed E-state index contributed by atoms with van der Waals surface area (Å²) < 4.78 is 0. The van der Waals surface area contributed by atoms with E-state index in [4.69, 9.17) is 7.85 Å². The fourth-order valence-corrected chi connectivity index (χ4v) is 2.26. The number of nitrogens with one attached hydrogen (secondary N) is 1. The maximum absolute atomic E-state index is 9.35. The molecule has 0 bridgehead atoms. The molecule has 0 spiro atoms. The molecule has 2 rings (SSSR count). The Kier molecular flexibility index (Phi) is 3.31. The average molecular weight is 210 g/mol. The molecule has 1 saturated heterocycles. The van der Waals surface area contributed by atoms with Crippen molar-refractivity contribution in [1.29, 1.82) is 5.26 Å². The van der Waals surface area contributed by atoms with Crippen LogP contribution >= 0.6 is 0 Å². The summed E-state index contributed by atoms with van der Waals surface area (Å²) in [5, 5.41) is 12.7. The number of nitrogens with zero attached hydrogens (tertiary/aromatic N) is 1. The van der Waals surface area contributed by atoms with E-state index in [1.54, 1.807) is 0 Å². The van der Waals surface area contributed by atoms with Crippen molar-refractivity contribution < 1.29 is 0 Å². The van der Waals surface area contributed by atoms with E-state index in [-0.39, 0.29) is 5.41 Å². The fourth-order valence-electron chi connectivity index (χ4n) is 2.26. The van der Waals surface area contributed by atoms with Gasteiger partial charge in [0.05, 0.1) is 11.5 Å². The second-order valence-electron chi connectivity index (χ2n) is 4.56. The molecule has 1 heterocycles. The summed E-state index contributed by atoms with van der Waals surface area (Å²) in [6.07, 6.45) is 2.72. The second-order valence-corrected chi connectivity index (χ2v) is 4.56. The molecule has 1 N–H and O–H groups in total. The Bertz CT molecular complexity index is 385. The number of hydrogen-bond acceptors (Lipinski definition) is 2. The maximum atomic E-state index is 9.35. The van der Waals surface area contributed by atoms with E-state index < -0.39 is 0 Å². The van der Waals surface area contributed by atoms with Crippen LogP contribution in [0.25, 0.3) is 0 Å². The zero-order chi connectivity index (χ0) is 11.4. The summed E-state index contributed by atoms with van der Waals surface area (Å²) in [5.74, 6) is 0. The highest BCUT2D eigenvalue weighted by molar-refractivity contribution is 6.32. The van der Waals surface area contributed by atoms with Gasteiger partial charge in [0.15, 0.2) is 0 Å². The summed E-state index contributed by atoms with van der Waals surface area (Å²) in [5.41, 5.74) is 1.80. The second kappa shape index (κ2) is 4.72. The summed E-state index contributed by atoms with van der Waals surface area (Å²) in [6, 6.07) is 10.4. The van der Waals surface area contributed by atoms with Crippen molar-refractivity contribution >= 4 is 13.3 Å². The van der Waals surface area contributed by atoms with E-state index in [1.807, 2.05) is 24.3 Å². The molecule has 1 aliphatic rings. The van der Waals surface area contributed by atoms with Gasteiger partial charge in [-0.3, -0.25) is 0 Å². The molecule has 1 aliphatic heterocycles. The molecule has 2 radical (unpaired) electrons. The lowest BCUT2D eigenvalue weighted by atomic mass is 9.75. The first-order chi connectivity index (χ1) is 7.74. The van der Waals surface area contributed by atoms with E-state index in [0.717, 1.165) is 37.8 Å². The van der Waals surface area contributed by atoms with Crippen LogP contribution in [0.2, 0.25) is 0 Å². The van der Waals surface area contributed by atoms with E-state index in [2.05, 4.69) is 11.4 Å². The van der Waals surface area contributed by atoms with Crippen LogP contribution in [0.1, 0.15) is 18.4 Å². The van der Waals surface area contributed by atoms with Gasteiger partial charge >= 0.3 is 0 Å². The molecule has 1 fully saturated rings. The van der Waals surface area contributed by atoms with Crippen LogP contribution in [0, 0.1) is 16.7 Å². The molecule has 0 atom stereocenters. The minimum absolute atomic E-state index is 0.179. The van der Waals surface area contributed by atoms with Gasteiger partial charge in [-0.15, -0.1) is 0 Å². The lowest BCUT2D eigenvalue weighted by Crippen LogP contribution is -2.37. The van der Waals surface area contributed by atoms with E-state index >= 15 is 0 Å². The first kappa shape index (κ1) is 11.2. The molecule has 0 amide bonds. The minimum Gasteiger partial charge on any atom is -0.317 e. The fraction of sp³-hybridized carbons (Fsp3) is 0.462. The number of nitriles is 1. The normalized spacial score (nSPS) is 18.9. The number of benzene rings is 1. The predicted molar refractivity (Wildman–Crippen MR) is 65.7 cm³/mol. The molecule has 1 aromatic rings. The van der Waals surface area contributed by atoms with Gasteiger partial charge in [0, 0.05) is 0 Å². The molecule has 16 heavy (non-hydrogen) atoms. The average Bonchev–Trinajstić information content (AvgIpc) is 2.33. The van der Waals surface area contributed by atoms with Crippen LogP contribution in [-0.2, 0) is 6.42 Å². The molecule has 0 aromatic heterocycles. The Morgan fingerprint density at radius 2 is 1.88 bits per heavy atom. The van der Waals surface area contributed by atoms with Gasteiger partial charge in [0.2, 0.25) is 0 Å². The molecule has 1 aromatic carbocycles. The first-order valence-electron chi connectivity index (χ1n) is 5.70. The molecule has 0 saturated carbocycles. The predicted octanol–water partition coefficient (Wildman–Crippen LogP) is 0.916. The third-order valence-electron chi connectivity index (χ3n) is 3.32. The molecule has 2 nitrogen and oxygen atoms in total. The Balaban J connectivity index is 2.12. The molecule has 80 valence electrons. The van der Waals surface area contributed by atoms with E-state index in [0.29, 0.717) is 0 Å². The van der Waals surface area contributed by atoms with Crippen molar-refractivity contribution in [2.45, 2.75) is 19.3 Å². The van der Waals surface area contributed by atoms with Gasteiger partial charge in [0.1, 0.15) is 7.85 Å². The van der Waals surface area contributed by atoms with Crippen molar-refractivity contribution in [3.05, 3.63) is 29.8 Å². The van der Waals surface area contributed by atoms with Crippen LogP contribution in [-0.4, -0.2) is 20.9 Å². The third kappa shape index (κ3) is 2.45. The van der Waals surface area contributed by atoms with Crippen LogP contribution in [0.3, 0.4) is 0 Å². The highest BCUT2D eigenvalue weighted by Gasteiger charge is 2.31. The van der Waals surface area contributed by atoms with E-state index in [9.17, 15) is 5.26 Å². The van der Waals surface area contributed by atoms with Crippen LogP contribution in [0.15, 0.2) is 24.3 Å². The van der Waals surface area contributed by atoms with Gasteiger partial charge < -0.3 is 5.32 Å². The van der Waals surface area contributed by atoms with Crippen molar-refractivity contribution in [2.24, 2.45) is 5.41 Å². The Hall–Kier alpha value is -1.27. The molecule has 3 heteroatoms. The summed E-state index contributed by atoms with van der Waals surface area (Å²) in [4.78, 5) is 0. The quantitative estimate of drug-likeness (QED) is 0.736. The number of hydrogen-bond donors (Lipinski definition) is 1. The smallest absolute Gasteiger partial charge is 0.113 e. The van der Waals surface area contributed by atoms with Gasteiger partial charge in [-0.2, -0.15) is 5.26 Å². The topological polar surface area (TPSA) is 35.8 Å². The Morgan fingerprint density at radius 3 is 2.44 bits per heavy atom. The van der Waals surface area contributed by atoms with Crippen LogP contribution < -0.4 is 10.8 Å². The molecule has 0 unspecified atom stereocenters. The number of piperidine rings is 1. The Labute approximate surface area is 98.1 Å². The summed E-state index contributed by atoms with van der Waals surface area (Å²) >= 11 is 0. The SMILES string of the molecule is [B]c1ccc(CC2(C#N)CCNCC2)cc1. The monoisotopic (exact) mass is 210 g/mol. The van der Waals surface area contributed by atoms with Gasteiger partial charge in [0.25, 0.3) is 0 Å². The standard InChI is InChI=1S/C13H15BN2/c14-12-3-1-11(2-4-12)9-13(10-15)5-7-16-8-6-13/h1-4,16H,5-9H2. The minimum atomic E-state index is -0.179. The maximum Gasteiger partial charge on any atom is 0.113 e. The van der Waals surface area contributed by atoms with Gasteiger partial charge in [-0.1, -0.05) is 29.7 Å². The van der Waals surface area contributed by atoms with Crippen LogP contribution in [0.5, 0.6) is 0 Å². The van der Waals surface area contributed by atoms with Crippen molar-refractivity contribution in [3.8, 4) is 6.07 Å². The van der Waals surface area contributed by atoms with E-state index in [1.165, 1.54) is 5.56 Å². The molecule has 0 aliphatic carbocycles. The highest BCUT2D eigenvalue weighted by atomic mass is 14.9. The van der Waals surface area contributed by atoms with Crippen molar-refractivity contribution in [2.75, 3.05) is 13.1 Å². The molecular formula is C13H15BN2. The van der Waals surface area contributed by atoms with Gasteiger partial charge in [-0.05, 0) is 37.9 Å². The molecular weight excluding hydrogens is 195 g/mol.